The molecule has 0 atom stereocenters. The molecule has 0 aliphatic rings. The standard InChI is InChI=1S/C21H14F7NOS/c22-19-10-14(20(23,24)25)5-4-13(19)12-29-15-6-8-16(9-7-15)30-17-2-1-3-18(11-17)31-21(26,27)28/h1-11,29H,12H2. The Hall–Kier alpha value is -2.88. The molecule has 0 heterocycles. The van der Waals surface area contributed by atoms with Gasteiger partial charge in [0.25, 0.3) is 0 Å². The summed E-state index contributed by atoms with van der Waals surface area (Å²) in [5.74, 6) is -0.388. The first-order valence-corrected chi connectivity index (χ1v) is 9.54. The number of nitrogens with one attached hydrogen (secondary N) is 1. The van der Waals surface area contributed by atoms with E-state index in [9.17, 15) is 30.7 Å². The summed E-state index contributed by atoms with van der Waals surface area (Å²) in [6.07, 6.45) is -4.62. The van der Waals surface area contributed by atoms with E-state index in [4.69, 9.17) is 4.74 Å². The molecule has 0 radical (unpaired) electrons. The third kappa shape index (κ3) is 6.81. The Morgan fingerprint density at radius 3 is 2.13 bits per heavy atom. The van der Waals surface area contributed by atoms with Crippen molar-refractivity contribution in [2.24, 2.45) is 0 Å². The first kappa shape index (κ1) is 22.8. The molecule has 31 heavy (non-hydrogen) atoms. The molecule has 0 bridgehead atoms. The van der Waals surface area contributed by atoms with Gasteiger partial charge >= 0.3 is 11.7 Å². The number of benzene rings is 3. The van der Waals surface area contributed by atoms with Crippen LogP contribution in [0.25, 0.3) is 0 Å². The third-order valence-electron chi connectivity index (χ3n) is 3.99. The second kappa shape index (κ2) is 9.09. The van der Waals surface area contributed by atoms with Gasteiger partial charge in [0.2, 0.25) is 0 Å². The fraction of sp³-hybridized carbons (Fsp3) is 0.143. The summed E-state index contributed by atoms with van der Waals surface area (Å²) < 4.78 is 94.6. The molecule has 0 amide bonds. The van der Waals surface area contributed by atoms with Gasteiger partial charge in [-0.15, -0.1) is 0 Å². The molecule has 3 aromatic carbocycles. The summed E-state index contributed by atoms with van der Waals surface area (Å²) in [5.41, 5.74) is -4.85. The fourth-order valence-corrected chi connectivity index (χ4v) is 3.16. The van der Waals surface area contributed by atoms with E-state index in [-0.39, 0.29) is 34.5 Å². The second-order valence-corrected chi connectivity index (χ2v) is 7.45. The van der Waals surface area contributed by atoms with Crippen molar-refractivity contribution < 1.29 is 35.5 Å². The van der Waals surface area contributed by atoms with Gasteiger partial charge in [-0.1, -0.05) is 12.1 Å². The lowest BCUT2D eigenvalue weighted by Crippen LogP contribution is -2.08. The summed E-state index contributed by atoms with van der Waals surface area (Å²) >= 11 is -0.247. The van der Waals surface area contributed by atoms with Crippen molar-refractivity contribution >= 4 is 17.4 Å². The number of halogens is 7. The van der Waals surface area contributed by atoms with Crippen LogP contribution >= 0.6 is 11.8 Å². The monoisotopic (exact) mass is 461 g/mol. The highest BCUT2D eigenvalue weighted by molar-refractivity contribution is 8.00. The SMILES string of the molecule is Fc1cc(C(F)(F)F)ccc1CNc1ccc(Oc2cccc(SC(F)(F)F)c2)cc1. The Balaban J connectivity index is 1.60. The van der Waals surface area contributed by atoms with Gasteiger partial charge in [0.1, 0.15) is 17.3 Å². The summed E-state index contributed by atoms with van der Waals surface area (Å²) in [6.45, 7) is -0.0408. The van der Waals surface area contributed by atoms with Gasteiger partial charge in [-0.25, -0.2) is 4.39 Å². The number of rotatable bonds is 6. The van der Waals surface area contributed by atoms with Crippen molar-refractivity contribution in [1.29, 1.82) is 0 Å². The number of alkyl halides is 6. The lowest BCUT2D eigenvalue weighted by molar-refractivity contribution is -0.137. The smallest absolute Gasteiger partial charge is 0.446 e. The summed E-state index contributed by atoms with van der Waals surface area (Å²) in [4.78, 5) is -0.0122. The highest BCUT2D eigenvalue weighted by atomic mass is 32.2. The largest absolute Gasteiger partial charge is 0.457 e. The van der Waals surface area contributed by atoms with Gasteiger partial charge in [0, 0.05) is 22.7 Å². The topological polar surface area (TPSA) is 21.3 Å². The molecule has 0 fully saturated rings. The molecular weight excluding hydrogens is 447 g/mol. The van der Waals surface area contributed by atoms with Crippen molar-refractivity contribution in [3.05, 3.63) is 83.7 Å². The highest BCUT2D eigenvalue weighted by Crippen LogP contribution is 2.38. The molecule has 10 heteroatoms. The van der Waals surface area contributed by atoms with E-state index in [0.29, 0.717) is 17.5 Å². The number of thioether (sulfide) groups is 1. The molecule has 0 aromatic heterocycles. The van der Waals surface area contributed by atoms with Crippen LogP contribution in [-0.2, 0) is 12.7 Å². The van der Waals surface area contributed by atoms with Crippen molar-refractivity contribution in [2.75, 3.05) is 5.32 Å². The minimum atomic E-state index is -4.62. The van der Waals surface area contributed by atoms with Gasteiger partial charge in [-0.2, -0.15) is 26.3 Å². The number of hydrogen-bond donors (Lipinski definition) is 1. The van der Waals surface area contributed by atoms with Gasteiger partial charge in [0.05, 0.1) is 5.56 Å². The van der Waals surface area contributed by atoms with Crippen LogP contribution in [0.3, 0.4) is 0 Å². The van der Waals surface area contributed by atoms with Crippen molar-refractivity contribution in [1.82, 2.24) is 0 Å². The fourth-order valence-electron chi connectivity index (χ4n) is 2.58. The van der Waals surface area contributed by atoms with Crippen molar-refractivity contribution in [2.45, 2.75) is 23.1 Å². The van der Waals surface area contributed by atoms with E-state index in [1.165, 1.54) is 24.3 Å². The lowest BCUT2D eigenvalue weighted by atomic mass is 10.1. The van der Waals surface area contributed by atoms with E-state index < -0.39 is 23.1 Å². The van der Waals surface area contributed by atoms with E-state index in [1.54, 1.807) is 24.3 Å². The lowest BCUT2D eigenvalue weighted by Gasteiger charge is -2.12. The maximum Gasteiger partial charge on any atom is 0.446 e. The first-order valence-electron chi connectivity index (χ1n) is 8.73. The molecule has 0 aliphatic heterocycles. The molecule has 0 unspecified atom stereocenters. The first-order chi connectivity index (χ1) is 14.5. The van der Waals surface area contributed by atoms with Crippen LogP contribution in [0, 0.1) is 5.82 Å². The summed E-state index contributed by atoms with van der Waals surface area (Å²) in [7, 11) is 0. The number of hydrogen-bond acceptors (Lipinski definition) is 3. The van der Waals surface area contributed by atoms with E-state index in [2.05, 4.69) is 5.32 Å². The molecule has 3 rings (SSSR count). The predicted molar refractivity (Wildman–Crippen MR) is 104 cm³/mol. The summed E-state index contributed by atoms with van der Waals surface area (Å²) in [6, 6.07) is 14.1. The van der Waals surface area contributed by atoms with E-state index >= 15 is 0 Å². The molecule has 2 nitrogen and oxygen atoms in total. The Labute approximate surface area is 177 Å². The Kier molecular flexibility index (Phi) is 6.68. The molecule has 3 aromatic rings. The highest BCUT2D eigenvalue weighted by Gasteiger charge is 2.31. The zero-order valence-electron chi connectivity index (χ0n) is 15.5. The van der Waals surface area contributed by atoms with Gasteiger partial charge in [-0.3, -0.25) is 0 Å². The van der Waals surface area contributed by atoms with E-state index in [1.807, 2.05) is 0 Å². The Bertz CT molecular complexity index is 1030. The maximum atomic E-state index is 13.9. The molecule has 1 N–H and O–H groups in total. The van der Waals surface area contributed by atoms with Gasteiger partial charge < -0.3 is 10.1 Å². The zero-order valence-corrected chi connectivity index (χ0v) is 16.3. The van der Waals surface area contributed by atoms with Crippen LogP contribution in [0.15, 0.2) is 71.6 Å². The van der Waals surface area contributed by atoms with Gasteiger partial charge in [0.15, 0.2) is 0 Å². The predicted octanol–water partition coefficient (Wildman–Crippen LogP) is 7.86. The van der Waals surface area contributed by atoms with Gasteiger partial charge in [-0.05, 0) is 66.4 Å². The number of anilines is 1. The average molecular weight is 461 g/mol. The maximum absolute atomic E-state index is 13.9. The minimum absolute atomic E-state index is 0.0122. The summed E-state index contributed by atoms with van der Waals surface area (Å²) in [5, 5.41) is 2.88. The van der Waals surface area contributed by atoms with Crippen LogP contribution in [0.2, 0.25) is 0 Å². The molecule has 0 saturated carbocycles. The Morgan fingerprint density at radius 2 is 1.52 bits per heavy atom. The minimum Gasteiger partial charge on any atom is -0.457 e. The quantitative estimate of drug-likeness (QED) is 0.298. The van der Waals surface area contributed by atoms with Crippen molar-refractivity contribution in [3.8, 4) is 11.5 Å². The van der Waals surface area contributed by atoms with Crippen LogP contribution in [0.5, 0.6) is 11.5 Å². The molecule has 0 saturated heterocycles. The van der Waals surface area contributed by atoms with Crippen LogP contribution in [-0.4, -0.2) is 5.51 Å². The third-order valence-corrected chi connectivity index (χ3v) is 4.71. The Morgan fingerprint density at radius 1 is 0.806 bits per heavy atom. The molecular formula is C21H14F7NOS. The zero-order chi connectivity index (χ0) is 22.6. The van der Waals surface area contributed by atoms with Crippen LogP contribution in [0.4, 0.5) is 36.4 Å². The molecule has 164 valence electrons. The molecule has 0 spiro atoms. The molecule has 0 aliphatic carbocycles. The second-order valence-electron chi connectivity index (χ2n) is 6.31. The van der Waals surface area contributed by atoms with Crippen LogP contribution < -0.4 is 10.1 Å². The normalized spacial score (nSPS) is 12.0. The van der Waals surface area contributed by atoms with Crippen molar-refractivity contribution in [3.63, 3.8) is 0 Å². The van der Waals surface area contributed by atoms with E-state index in [0.717, 1.165) is 12.1 Å². The average Bonchev–Trinajstić information content (AvgIpc) is 2.66. The van der Waals surface area contributed by atoms with Crippen LogP contribution in [0.1, 0.15) is 11.1 Å². The number of ether oxygens (including phenoxy) is 1.